The first-order chi connectivity index (χ1) is 10.2. The predicted octanol–water partition coefficient (Wildman–Crippen LogP) is 3.17. The van der Waals surface area contributed by atoms with Gasteiger partial charge in [0.2, 0.25) is 0 Å². The Bertz CT molecular complexity index is 677. The molecule has 4 nitrogen and oxygen atoms in total. The molecule has 0 aromatic heterocycles. The average Bonchev–Trinajstić information content (AvgIpc) is 2.54. The summed E-state index contributed by atoms with van der Waals surface area (Å²) in [7, 11) is 3.13. The molecule has 0 spiro atoms. The van der Waals surface area contributed by atoms with Gasteiger partial charge in [0, 0.05) is 17.7 Å². The zero-order chi connectivity index (χ0) is 14.8. The third-order valence-electron chi connectivity index (χ3n) is 3.42. The van der Waals surface area contributed by atoms with Gasteiger partial charge in [-0.15, -0.1) is 0 Å². The van der Waals surface area contributed by atoms with Crippen molar-refractivity contribution in [1.29, 1.82) is 0 Å². The summed E-state index contributed by atoms with van der Waals surface area (Å²) < 4.78 is 16.5. The van der Waals surface area contributed by atoms with Crippen LogP contribution in [0.15, 0.2) is 48.5 Å². The number of benzene rings is 2. The van der Waals surface area contributed by atoms with E-state index < -0.39 is 6.10 Å². The molecule has 1 aliphatic heterocycles. The Morgan fingerprint density at radius 2 is 1.81 bits per heavy atom. The van der Waals surface area contributed by atoms with Crippen LogP contribution in [0, 0.1) is 0 Å². The third-order valence-corrected chi connectivity index (χ3v) is 3.42. The number of ether oxygens (including phenoxy) is 3. The molecule has 2 aromatic rings. The second-order valence-corrected chi connectivity index (χ2v) is 4.69. The highest BCUT2D eigenvalue weighted by Crippen LogP contribution is 2.44. The molecule has 1 N–H and O–H groups in total. The Labute approximate surface area is 123 Å². The van der Waals surface area contributed by atoms with Gasteiger partial charge in [0.15, 0.2) is 0 Å². The standard InChI is InChI=1S/C17H16O4/c1-19-12-8-15(20-2)17-13(18)10-14(21-16(17)9-12)11-6-4-3-5-7-11/h3-10,13,18H,1-2H3. The molecule has 0 fully saturated rings. The molecule has 4 heteroatoms. The lowest BCUT2D eigenvalue weighted by molar-refractivity contribution is 0.210. The number of rotatable bonds is 3. The van der Waals surface area contributed by atoms with Crippen LogP contribution in [0.1, 0.15) is 17.2 Å². The highest BCUT2D eigenvalue weighted by molar-refractivity contribution is 5.68. The first-order valence-electron chi connectivity index (χ1n) is 6.62. The molecule has 1 atom stereocenters. The van der Waals surface area contributed by atoms with Gasteiger partial charge in [0.1, 0.15) is 29.1 Å². The van der Waals surface area contributed by atoms with Crippen LogP contribution < -0.4 is 14.2 Å². The average molecular weight is 284 g/mol. The summed E-state index contributed by atoms with van der Waals surface area (Å²) >= 11 is 0. The first kappa shape index (κ1) is 13.5. The van der Waals surface area contributed by atoms with Gasteiger partial charge in [-0.3, -0.25) is 0 Å². The summed E-state index contributed by atoms with van der Waals surface area (Å²) in [5.74, 6) is 2.32. The zero-order valence-corrected chi connectivity index (χ0v) is 11.9. The summed E-state index contributed by atoms with van der Waals surface area (Å²) in [4.78, 5) is 0. The molecule has 0 radical (unpaired) electrons. The van der Waals surface area contributed by atoms with Crippen molar-refractivity contribution in [3.63, 3.8) is 0 Å². The van der Waals surface area contributed by atoms with Crippen molar-refractivity contribution in [3.05, 3.63) is 59.7 Å². The molecule has 108 valence electrons. The SMILES string of the molecule is COc1cc(OC)c2c(c1)OC(c1ccccc1)=CC2O. The minimum Gasteiger partial charge on any atom is -0.496 e. The van der Waals surface area contributed by atoms with E-state index in [-0.39, 0.29) is 0 Å². The fourth-order valence-corrected chi connectivity index (χ4v) is 2.38. The van der Waals surface area contributed by atoms with E-state index in [2.05, 4.69) is 0 Å². The summed E-state index contributed by atoms with van der Waals surface area (Å²) in [6.07, 6.45) is 0.886. The van der Waals surface area contributed by atoms with Gasteiger partial charge in [-0.2, -0.15) is 0 Å². The Balaban J connectivity index is 2.06. The number of hydrogen-bond donors (Lipinski definition) is 1. The fraction of sp³-hybridized carbons (Fsp3) is 0.176. The number of methoxy groups -OCH3 is 2. The van der Waals surface area contributed by atoms with Crippen LogP contribution >= 0.6 is 0 Å². The lowest BCUT2D eigenvalue weighted by atomic mass is 10.0. The van der Waals surface area contributed by atoms with Gasteiger partial charge >= 0.3 is 0 Å². The van der Waals surface area contributed by atoms with E-state index >= 15 is 0 Å². The number of aliphatic hydroxyl groups is 1. The highest BCUT2D eigenvalue weighted by atomic mass is 16.5. The van der Waals surface area contributed by atoms with Gasteiger partial charge in [0.25, 0.3) is 0 Å². The Morgan fingerprint density at radius 1 is 1.05 bits per heavy atom. The summed E-state index contributed by atoms with van der Waals surface area (Å²) in [5.41, 5.74) is 1.52. The highest BCUT2D eigenvalue weighted by Gasteiger charge is 2.26. The van der Waals surface area contributed by atoms with Crippen LogP contribution in [-0.4, -0.2) is 19.3 Å². The van der Waals surface area contributed by atoms with Crippen LogP contribution in [-0.2, 0) is 0 Å². The van der Waals surface area contributed by atoms with E-state index in [1.165, 1.54) is 0 Å². The topological polar surface area (TPSA) is 47.9 Å². The van der Waals surface area contributed by atoms with Gasteiger partial charge in [-0.05, 0) is 6.08 Å². The quantitative estimate of drug-likeness (QED) is 0.940. The third kappa shape index (κ3) is 2.45. The van der Waals surface area contributed by atoms with Crippen molar-refractivity contribution in [3.8, 4) is 17.2 Å². The molecule has 1 aliphatic rings. The molecule has 0 amide bonds. The van der Waals surface area contributed by atoms with Gasteiger partial charge < -0.3 is 19.3 Å². The van der Waals surface area contributed by atoms with Gasteiger partial charge in [-0.25, -0.2) is 0 Å². The number of fused-ring (bicyclic) bond motifs is 1. The minimum atomic E-state index is -0.787. The molecule has 0 aliphatic carbocycles. The maximum atomic E-state index is 10.4. The maximum Gasteiger partial charge on any atom is 0.141 e. The van der Waals surface area contributed by atoms with E-state index in [0.29, 0.717) is 28.6 Å². The molecule has 2 aromatic carbocycles. The Hall–Kier alpha value is -2.46. The van der Waals surface area contributed by atoms with Crippen LogP contribution in [0.25, 0.3) is 5.76 Å². The monoisotopic (exact) mass is 284 g/mol. The summed E-state index contributed by atoms with van der Waals surface area (Å²) in [6.45, 7) is 0. The summed E-state index contributed by atoms with van der Waals surface area (Å²) in [5, 5.41) is 10.4. The fourth-order valence-electron chi connectivity index (χ4n) is 2.38. The molecule has 3 rings (SSSR count). The van der Waals surface area contributed by atoms with Crippen molar-refractivity contribution >= 4 is 5.76 Å². The second-order valence-electron chi connectivity index (χ2n) is 4.69. The summed E-state index contributed by atoms with van der Waals surface area (Å²) in [6, 6.07) is 13.1. The Morgan fingerprint density at radius 3 is 2.48 bits per heavy atom. The van der Waals surface area contributed by atoms with Crippen molar-refractivity contribution in [2.75, 3.05) is 14.2 Å². The van der Waals surface area contributed by atoms with Crippen molar-refractivity contribution in [2.45, 2.75) is 6.10 Å². The number of hydrogen-bond acceptors (Lipinski definition) is 4. The van der Waals surface area contributed by atoms with Crippen LogP contribution in [0.4, 0.5) is 0 Å². The molecule has 21 heavy (non-hydrogen) atoms. The zero-order valence-electron chi connectivity index (χ0n) is 11.9. The van der Waals surface area contributed by atoms with Gasteiger partial charge in [0.05, 0.1) is 19.8 Å². The van der Waals surface area contributed by atoms with Crippen LogP contribution in [0.5, 0.6) is 17.2 Å². The smallest absolute Gasteiger partial charge is 0.141 e. The molecule has 1 unspecified atom stereocenters. The van der Waals surface area contributed by atoms with Crippen LogP contribution in [0.3, 0.4) is 0 Å². The molecular weight excluding hydrogens is 268 g/mol. The van der Waals surface area contributed by atoms with Crippen LogP contribution in [0.2, 0.25) is 0 Å². The molecule has 0 saturated heterocycles. The van der Waals surface area contributed by atoms with E-state index in [1.54, 1.807) is 32.4 Å². The second kappa shape index (κ2) is 5.50. The largest absolute Gasteiger partial charge is 0.496 e. The van der Waals surface area contributed by atoms with Crippen molar-refractivity contribution < 1.29 is 19.3 Å². The van der Waals surface area contributed by atoms with E-state index in [1.807, 2.05) is 30.3 Å². The molecular formula is C17H16O4. The first-order valence-corrected chi connectivity index (χ1v) is 6.62. The maximum absolute atomic E-state index is 10.4. The van der Waals surface area contributed by atoms with Gasteiger partial charge in [-0.1, -0.05) is 30.3 Å². The Kier molecular flexibility index (Phi) is 3.54. The minimum absolute atomic E-state index is 0.542. The van der Waals surface area contributed by atoms with E-state index in [4.69, 9.17) is 14.2 Å². The van der Waals surface area contributed by atoms with E-state index in [0.717, 1.165) is 5.56 Å². The predicted molar refractivity (Wildman–Crippen MR) is 79.6 cm³/mol. The van der Waals surface area contributed by atoms with Crippen molar-refractivity contribution in [2.24, 2.45) is 0 Å². The lowest BCUT2D eigenvalue weighted by Gasteiger charge is -2.24. The molecule has 1 heterocycles. The van der Waals surface area contributed by atoms with E-state index in [9.17, 15) is 5.11 Å². The lowest BCUT2D eigenvalue weighted by Crippen LogP contribution is -2.10. The normalized spacial score (nSPS) is 16.5. The molecule has 0 bridgehead atoms. The number of aliphatic hydroxyl groups excluding tert-OH is 1. The molecule has 0 saturated carbocycles. The van der Waals surface area contributed by atoms with Crippen molar-refractivity contribution in [1.82, 2.24) is 0 Å².